The molecular weight excluding hydrogens is 236 g/mol. The van der Waals surface area contributed by atoms with Crippen LogP contribution in [0.15, 0.2) is 16.3 Å². The van der Waals surface area contributed by atoms with Crippen molar-refractivity contribution in [2.75, 3.05) is 0 Å². The first-order valence-corrected chi connectivity index (χ1v) is 5.22. The van der Waals surface area contributed by atoms with Crippen LogP contribution in [0.25, 0.3) is 0 Å². The van der Waals surface area contributed by atoms with Crippen LogP contribution in [0.3, 0.4) is 0 Å². The molecular formula is C13H9Br. The lowest BCUT2D eigenvalue weighted by Gasteiger charge is -1.86. The molecule has 1 aliphatic carbocycles. The average Bonchev–Trinajstić information content (AvgIpc) is 2.20. The number of halogens is 1. The Morgan fingerprint density at radius 1 is 1.00 bits per heavy atom. The van der Waals surface area contributed by atoms with E-state index in [2.05, 4.69) is 57.2 Å². The average molecular weight is 245 g/mol. The van der Waals surface area contributed by atoms with E-state index in [1.54, 1.807) is 6.08 Å². The van der Waals surface area contributed by atoms with Crippen molar-refractivity contribution in [1.29, 1.82) is 0 Å². The Bertz CT molecular complexity index is 429. The van der Waals surface area contributed by atoms with E-state index in [9.17, 15) is 0 Å². The van der Waals surface area contributed by atoms with Gasteiger partial charge in [0, 0.05) is 29.8 Å². The van der Waals surface area contributed by atoms with Crippen LogP contribution in [0.4, 0.5) is 0 Å². The zero-order valence-electron chi connectivity index (χ0n) is 7.78. The maximum Gasteiger partial charge on any atom is 0.0384 e. The van der Waals surface area contributed by atoms with Crippen molar-refractivity contribution in [3.63, 3.8) is 0 Å². The smallest absolute Gasteiger partial charge is 0.0384 e. The molecule has 0 heterocycles. The number of rotatable bonds is 0. The fourth-order valence-corrected chi connectivity index (χ4v) is 1.13. The molecule has 0 aromatic rings. The zero-order chi connectivity index (χ0) is 10.1. The third-order valence-corrected chi connectivity index (χ3v) is 2.11. The van der Waals surface area contributed by atoms with Gasteiger partial charge in [0.1, 0.15) is 0 Å². The van der Waals surface area contributed by atoms with Crippen LogP contribution >= 0.6 is 15.9 Å². The van der Waals surface area contributed by atoms with E-state index in [4.69, 9.17) is 0 Å². The van der Waals surface area contributed by atoms with Gasteiger partial charge in [0.2, 0.25) is 0 Å². The fourth-order valence-electron chi connectivity index (χ4n) is 0.820. The van der Waals surface area contributed by atoms with Gasteiger partial charge < -0.3 is 0 Å². The topological polar surface area (TPSA) is 0 Å². The van der Waals surface area contributed by atoms with Gasteiger partial charge in [-0.3, -0.25) is 0 Å². The van der Waals surface area contributed by atoms with Gasteiger partial charge in [-0.2, -0.15) is 0 Å². The number of allylic oxidation sites excluding steroid dienone is 1. The van der Waals surface area contributed by atoms with Gasteiger partial charge in [0.25, 0.3) is 0 Å². The number of hydrogen-bond acceptors (Lipinski definition) is 0. The van der Waals surface area contributed by atoms with E-state index in [0.717, 1.165) is 30.2 Å². The van der Waals surface area contributed by atoms with Crippen molar-refractivity contribution in [2.24, 2.45) is 0 Å². The summed E-state index contributed by atoms with van der Waals surface area (Å²) in [4.78, 5) is 0. The van der Waals surface area contributed by atoms with Crippen LogP contribution in [-0.4, -0.2) is 0 Å². The highest BCUT2D eigenvalue weighted by Gasteiger charge is 1.86. The molecule has 1 rings (SSSR count). The molecule has 0 aliphatic heterocycles. The molecule has 0 aromatic heterocycles. The Morgan fingerprint density at radius 3 is 2.57 bits per heavy atom. The van der Waals surface area contributed by atoms with Crippen molar-refractivity contribution in [3.8, 4) is 35.5 Å². The molecule has 0 radical (unpaired) electrons. The second-order valence-corrected chi connectivity index (χ2v) is 3.58. The molecule has 0 aromatic carbocycles. The molecule has 0 N–H and O–H groups in total. The van der Waals surface area contributed by atoms with Crippen molar-refractivity contribution >= 4 is 15.9 Å². The van der Waals surface area contributed by atoms with E-state index in [0.29, 0.717) is 0 Å². The lowest BCUT2D eigenvalue weighted by molar-refractivity contribution is 1.08. The summed E-state index contributed by atoms with van der Waals surface area (Å²) in [5.41, 5.74) is 3.05. The molecule has 0 spiro atoms. The van der Waals surface area contributed by atoms with Gasteiger partial charge >= 0.3 is 0 Å². The Kier molecular flexibility index (Phi) is 5.47. The molecule has 0 fully saturated rings. The SMILES string of the molecule is BrC1=C=CC#CCCC#CC#CCC1. The first kappa shape index (κ1) is 10.8. The van der Waals surface area contributed by atoms with Crippen LogP contribution in [0.5, 0.6) is 0 Å². The first-order valence-electron chi connectivity index (χ1n) is 4.43. The predicted octanol–water partition coefficient (Wildman–Crippen LogP) is 3.00. The van der Waals surface area contributed by atoms with Gasteiger partial charge in [-0.1, -0.05) is 23.7 Å². The van der Waals surface area contributed by atoms with E-state index in [1.165, 1.54) is 0 Å². The summed E-state index contributed by atoms with van der Waals surface area (Å²) >= 11 is 3.40. The summed E-state index contributed by atoms with van der Waals surface area (Å²) in [6, 6.07) is 0. The standard InChI is InChI=1S/C13H9Br/c14-13-11-9-7-5-3-1-2-4-6-8-10-12-13/h9H,1,3,10,12H2. The van der Waals surface area contributed by atoms with Crippen molar-refractivity contribution in [3.05, 3.63) is 16.3 Å². The maximum atomic E-state index is 3.40. The van der Waals surface area contributed by atoms with Crippen LogP contribution in [0, 0.1) is 35.5 Å². The van der Waals surface area contributed by atoms with Crippen molar-refractivity contribution < 1.29 is 0 Å². The molecule has 68 valence electrons. The summed E-state index contributed by atoms with van der Waals surface area (Å²) in [5, 5.41) is 0. The highest BCUT2D eigenvalue weighted by atomic mass is 79.9. The summed E-state index contributed by atoms with van der Waals surface area (Å²) < 4.78 is 1.01. The van der Waals surface area contributed by atoms with Gasteiger partial charge in [-0.05, 0) is 34.2 Å². The van der Waals surface area contributed by atoms with Gasteiger partial charge in [0.15, 0.2) is 0 Å². The van der Waals surface area contributed by atoms with Gasteiger partial charge in [-0.25, -0.2) is 0 Å². The lowest BCUT2D eigenvalue weighted by atomic mass is 10.3. The molecule has 0 saturated heterocycles. The minimum atomic E-state index is 0.792. The third-order valence-electron chi connectivity index (χ3n) is 1.49. The molecule has 0 amide bonds. The van der Waals surface area contributed by atoms with Crippen LogP contribution in [0.1, 0.15) is 25.7 Å². The van der Waals surface area contributed by atoms with E-state index >= 15 is 0 Å². The highest BCUT2D eigenvalue weighted by molar-refractivity contribution is 9.11. The van der Waals surface area contributed by atoms with Crippen molar-refractivity contribution in [1.82, 2.24) is 0 Å². The van der Waals surface area contributed by atoms with Gasteiger partial charge in [-0.15, -0.1) is 5.73 Å². The normalized spacial score (nSPS) is 14.8. The van der Waals surface area contributed by atoms with Gasteiger partial charge in [0.05, 0.1) is 0 Å². The lowest BCUT2D eigenvalue weighted by Crippen LogP contribution is -1.69. The van der Waals surface area contributed by atoms with Crippen molar-refractivity contribution in [2.45, 2.75) is 25.7 Å². The summed E-state index contributed by atoms with van der Waals surface area (Å²) in [6.45, 7) is 0. The molecule has 0 bridgehead atoms. The Balaban J connectivity index is 2.73. The van der Waals surface area contributed by atoms with E-state index in [-0.39, 0.29) is 0 Å². The molecule has 0 atom stereocenters. The Labute approximate surface area is 93.6 Å². The maximum absolute atomic E-state index is 3.40. The zero-order valence-corrected chi connectivity index (χ0v) is 9.37. The minimum Gasteiger partial charge on any atom is -0.101 e. The molecule has 0 unspecified atom stereocenters. The van der Waals surface area contributed by atoms with Crippen LogP contribution in [-0.2, 0) is 0 Å². The Morgan fingerprint density at radius 2 is 1.71 bits per heavy atom. The first-order chi connectivity index (χ1) is 6.89. The molecule has 0 saturated carbocycles. The second-order valence-electron chi connectivity index (χ2n) is 2.62. The second kappa shape index (κ2) is 7.12. The summed E-state index contributed by atoms with van der Waals surface area (Å²) in [7, 11) is 0. The molecule has 1 heteroatoms. The van der Waals surface area contributed by atoms with E-state index < -0.39 is 0 Å². The third kappa shape index (κ3) is 5.35. The van der Waals surface area contributed by atoms with Crippen LogP contribution < -0.4 is 0 Å². The quantitative estimate of drug-likeness (QED) is 0.454. The summed E-state index contributed by atoms with van der Waals surface area (Å²) in [6.07, 6.45) is 5.00. The molecule has 1 aliphatic rings. The molecule has 14 heavy (non-hydrogen) atoms. The predicted molar refractivity (Wildman–Crippen MR) is 62.3 cm³/mol. The number of hydrogen-bond donors (Lipinski definition) is 0. The summed E-state index contributed by atoms with van der Waals surface area (Å²) in [5.74, 6) is 17.5. The Hall–Kier alpha value is -1.32. The van der Waals surface area contributed by atoms with Crippen LogP contribution in [0.2, 0.25) is 0 Å². The molecule has 0 nitrogen and oxygen atoms in total. The van der Waals surface area contributed by atoms with E-state index in [1.807, 2.05) is 0 Å². The monoisotopic (exact) mass is 244 g/mol. The minimum absolute atomic E-state index is 0.792. The fraction of sp³-hybridized carbons (Fsp3) is 0.308. The highest BCUT2D eigenvalue weighted by Crippen LogP contribution is 2.09. The largest absolute Gasteiger partial charge is 0.101 e.